The van der Waals surface area contributed by atoms with Crippen LogP contribution in [0.4, 0.5) is 13.2 Å². The number of benzene rings is 1. The predicted octanol–water partition coefficient (Wildman–Crippen LogP) is 5.68. The van der Waals surface area contributed by atoms with Gasteiger partial charge in [0.05, 0.1) is 17.5 Å². The molecule has 1 aromatic carbocycles. The van der Waals surface area contributed by atoms with Crippen LogP contribution in [0.3, 0.4) is 0 Å². The monoisotopic (exact) mass is 476 g/mol. The number of ether oxygens (including phenoxy) is 1. The van der Waals surface area contributed by atoms with E-state index in [1.807, 2.05) is 6.92 Å². The average Bonchev–Trinajstić information content (AvgIpc) is 3.09. The number of methoxy groups -OCH3 is 1. The number of hydrogen-bond donors (Lipinski definition) is 0. The lowest BCUT2D eigenvalue weighted by atomic mass is 9.91. The Labute approximate surface area is 173 Å². The predicted molar refractivity (Wildman–Crippen MR) is 108 cm³/mol. The lowest BCUT2D eigenvalue weighted by molar-refractivity contribution is -0.134. The van der Waals surface area contributed by atoms with Crippen molar-refractivity contribution in [3.63, 3.8) is 0 Å². The van der Waals surface area contributed by atoms with Gasteiger partial charge in [0.25, 0.3) is 0 Å². The molecule has 0 saturated heterocycles. The van der Waals surface area contributed by atoms with Crippen LogP contribution in [-0.2, 0) is 11.0 Å². The number of amides is 1. The van der Waals surface area contributed by atoms with E-state index in [9.17, 15) is 18.0 Å². The average molecular weight is 477 g/mol. The van der Waals surface area contributed by atoms with Gasteiger partial charge in [0, 0.05) is 35.2 Å². The molecule has 4 nitrogen and oxygen atoms in total. The van der Waals surface area contributed by atoms with Crippen molar-refractivity contribution in [2.24, 2.45) is 11.0 Å². The molecule has 1 amide bonds. The van der Waals surface area contributed by atoms with Crippen LogP contribution in [0.25, 0.3) is 10.1 Å². The maximum absolute atomic E-state index is 13.3. The molecule has 0 bridgehead atoms. The molecule has 0 N–H and O–H groups in total. The first-order valence-corrected chi connectivity index (χ1v) is 10.8. The summed E-state index contributed by atoms with van der Waals surface area (Å²) in [6.07, 6.45) is -2.42. The molecule has 3 rings (SSSR count). The fraction of sp³-hybridized carbons (Fsp3) is 0.474. The minimum atomic E-state index is -4.43. The minimum absolute atomic E-state index is 0.0584. The molecule has 28 heavy (non-hydrogen) atoms. The Morgan fingerprint density at radius 3 is 2.75 bits per heavy atom. The number of carbonyl (C=O) groups excluding carboxylic acids is 1. The number of nitrogens with zero attached hydrogens (tertiary/aromatic N) is 2. The van der Waals surface area contributed by atoms with Gasteiger partial charge in [-0.1, -0.05) is 22.9 Å². The van der Waals surface area contributed by atoms with E-state index in [0.29, 0.717) is 45.0 Å². The van der Waals surface area contributed by atoms with Gasteiger partial charge in [0.1, 0.15) is 10.6 Å². The van der Waals surface area contributed by atoms with Crippen molar-refractivity contribution in [2.75, 3.05) is 19.0 Å². The smallest absolute Gasteiger partial charge is 0.425 e. The van der Waals surface area contributed by atoms with Gasteiger partial charge in [0.2, 0.25) is 5.91 Å². The molecule has 152 valence electrons. The molecule has 1 atom stereocenters. The van der Waals surface area contributed by atoms with Crippen molar-refractivity contribution in [1.29, 1.82) is 0 Å². The third kappa shape index (κ3) is 4.20. The van der Waals surface area contributed by atoms with Crippen molar-refractivity contribution >= 4 is 49.0 Å². The fourth-order valence-electron chi connectivity index (χ4n) is 3.22. The van der Waals surface area contributed by atoms with Gasteiger partial charge in [-0.15, -0.1) is 11.3 Å². The molecule has 0 spiro atoms. The molecule has 1 unspecified atom stereocenters. The number of hydrazone groups is 1. The highest BCUT2D eigenvalue weighted by atomic mass is 79.9. The van der Waals surface area contributed by atoms with E-state index < -0.39 is 11.1 Å². The second kappa shape index (κ2) is 8.41. The molecule has 2 aromatic rings. The number of unbranched alkanes of at least 4 members (excludes halogenated alkanes) is 1. The van der Waals surface area contributed by atoms with Gasteiger partial charge >= 0.3 is 6.18 Å². The fourth-order valence-corrected chi connectivity index (χ4v) is 4.66. The first-order valence-electron chi connectivity index (χ1n) is 8.89. The molecule has 1 aromatic heterocycles. The summed E-state index contributed by atoms with van der Waals surface area (Å²) < 4.78 is 45.5. The van der Waals surface area contributed by atoms with Gasteiger partial charge < -0.3 is 4.74 Å². The van der Waals surface area contributed by atoms with Gasteiger partial charge in [-0.05, 0) is 31.0 Å². The molecule has 0 saturated carbocycles. The van der Waals surface area contributed by atoms with E-state index in [-0.39, 0.29) is 18.2 Å². The third-order valence-electron chi connectivity index (χ3n) is 4.64. The summed E-state index contributed by atoms with van der Waals surface area (Å²) in [5.41, 5.74) is 1.26. The summed E-state index contributed by atoms with van der Waals surface area (Å²) in [5, 5.41) is 7.28. The van der Waals surface area contributed by atoms with Crippen molar-refractivity contribution in [3.05, 3.63) is 28.6 Å². The zero-order chi connectivity index (χ0) is 20.5. The standard InChI is InChI=1S/C19H20BrF3N2O2S/c1-11-9-16(26)25(8-4-3-7-20)24-17(11)12-5-6-14(27-2)18-13(12)10-15(28-18)19(21,22)23/h5-6,10-11H,3-4,7-9H2,1-2H3. The maximum atomic E-state index is 13.3. The van der Waals surface area contributed by atoms with Gasteiger partial charge in [0.15, 0.2) is 0 Å². The summed E-state index contributed by atoms with van der Waals surface area (Å²) >= 11 is 4.03. The number of carbonyl (C=O) groups is 1. The van der Waals surface area contributed by atoms with Crippen molar-refractivity contribution in [3.8, 4) is 5.75 Å². The first kappa shape index (κ1) is 21.1. The van der Waals surface area contributed by atoms with E-state index >= 15 is 0 Å². The van der Waals surface area contributed by atoms with E-state index in [2.05, 4.69) is 21.0 Å². The highest BCUT2D eigenvalue weighted by molar-refractivity contribution is 9.09. The van der Waals surface area contributed by atoms with E-state index in [1.165, 1.54) is 12.1 Å². The van der Waals surface area contributed by atoms with Crippen LogP contribution in [-0.4, -0.2) is 35.6 Å². The SMILES string of the molecule is COc1ccc(C2=NN(CCCCBr)C(=O)CC2C)c2cc(C(F)(F)F)sc12. The summed E-state index contributed by atoms with van der Waals surface area (Å²) in [6.45, 7) is 2.37. The van der Waals surface area contributed by atoms with Gasteiger partial charge in [-0.3, -0.25) is 4.79 Å². The van der Waals surface area contributed by atoms with Crippen LogP contribution in [0, 0.1) is 5.92 Å². The third-order valence-corrected chi connectivity index (χ3v) is 6.40. The number of hydrogen-bond acceptors (Lipinski definition) is 4. The Hall–Kier alpha value is -1.61. The normalized spacial score (nSPS) is 17.9. The summed E-state index contributed by atoms with van der Waals surface area (Å²) in [5.74, 6) is 0.163. The molecular weight excluding hydrogens is 457 g/mol. The highest BCUT2D eigenvalue weighted by Gasteiger charge is 2.35. The molecule has 9 heteroatoms. The van der Waals surface area contributed by atoms with Crippen LogP contribution in [0.5, 0.6) is 5.75 Å². The largest absolute Gasteiger partial charge is 0.495 e. The summed E-state index contributed by atoms with van der Waals surface area (Å²) in [7, 11) is 1.44. The van der Waals surface area contributed by atoms with E-state index in [0.717, 1.165) is 24.2 Å². The topological polar surface area (TPSA) is 41.9 Å². The van der Waals surface area contributed by atoms with E-state index in [1.54, 1.807) is 12.1 Å². The molecule has 1 aliphatic rings. The quantitative estimate of drug-likeness (QED) is 0.397. The summed E-state index contributed by atoms with van der Waals surface area (Å²) in [6, 6.07) is 4.55. The number of rotatable bonds is 6. The molecule has 1 aliphatic heterocycles. The first-order chi connectivity index (χ1) is 13.3. The van der Waals surface area contributed by atoms with Crippen molar-refractivity contribution in [2.45, 2.75) is 32.4 Å². The van der Waals surface area contributed by atoms with Crippen LogP contribution in [0.15, 0.2) is 23.3 Å². The second-order valence-corrected chi connectivity index (χ2v) is 8.52. The molecule has 0 aliphatic carbocycles. The summed E-state index contributed by atoms with van der Waals surface area (Å²) in [4.78, 5) is 11.6. The van der Waals surface area contributed by atoms with E-state index in [4.69, 9.17) is 4.74 Å². The zero-order valence-corrected chi connectivity index (χ0v) is 17.9. The Balaban J connectivity index is 2.09. The Kier molecular flexibility index (Phi) is 6.34. The van der Waals surface area contributed by atoms with Crippen LogP contribution >= 0.6 is 27.3 Å². The second-order valence-electron chi connectivity index (χ2n) is 6.67. The van der Waals surface area contributed by atoms with Crippen LogP contribution in [0.1, 0.15) is 36.6 Å². The Morgan fingerprint density at radius 1 is 1.36 bits per heavy atom. The van der Waals surface area contributed by atoms with Gasteiger partial charge in [-0.25, -0.2) is 5.01 Å². The number of thiophene rings is 1. The lowest BCUT2D eigenvalue weighted by Gasteiger charge is -2.28. The molecule has 0 fully saturated rings. The van der Waals surface area contributed by atoms with Crippen molar-refractivity contribution in [1.82, 2.24) is 5.01 Å². The Bertz CT molecular complexity index is 910. The molecule has 0 radical (unpaired) electrons. The molecule has 2 heterocycles. The number of halogens is 4. The molecular formula is C19H20BrF3N2O2S. The van der Waals surface area contributed by atoms with Crippen LogP contribution in [0.2, 0.25) is 0 Å². The minimum Gasteiger partial charge on any atom is -0.495 e. The Morgan fingerprint density at radius 2 is 2.11 bits per heavy atom. The number of fused-ring (bicyclic) bond motifs is 1. The van der Waals surface area contributed by atoms with Crippen molar-refractivity contribution < 1.29 is 22.7 Å². The number of alkyl halides is 4. The zero-order valence-electron chi connectivity index (χ0n) is 15.5. The van der Waals surface area contributed by atoms with Crippen LogP contribution < -0.4 is 4.74 Å². The maximum Gasteiger partial charge on any atom is 0.425 e. The lowest BCUT2D eigenvalue weighted by Crippen LogP contribution is -2.36. The van der Waals surface area contributed by atoms with Gasteiger partial charge in [-0.2, -0.15) is 18.3 Å². The highest BCUT2D eigenvalue weighted by Crippen LogP contribution is 2.43.